The summed E-state index contributed by atoms with van der Waals surface area (Å²) in [5.41, 5.74) is -0.555. The van der Waals surface area contributed by atoms with Crippen molar-refractivity contribution in [3.8, 4) is 0 Å². The summed E-state index contributed by atoms with van der Waals surface area (Å²) in [6, 6.07) is 2.15. The van der Waals surface area contributed by atoms with Crippen molar-refractivity contribution >= 4 is 23.3 Å². The molecule has 7 nitrogen and oxygen atoms in total. The van der Waals surface area contributed by atoms with Crippen molar-refractivity contribution in [2.75, 3.05) is 25.5 Å². The standard InChI is InChI=1S/C14H16F3N5O2/c1-22-12(23)5-3-10(21-22)13(24)19-7-6-18-11-4-2-9(8-20-11)14(15,16)17/h2,4,8H,3,5-7H2,1H3,(H,18,20)(H,19,24). The monoisotopic (exact) mass is 343 g/mol. The Kier molecular flexibility index (Phi) is 5.37. The molecule has 1 aromatic heterocycles. The van der Waals surface area contributed by atoms with Crippen LogP contribution in [0.15, 0.2) is 23.4 Å². The van der Waals surface area contributed by atoms with E-state index in [2.05, 4.69) is 20.7 Å². The number of anilines is 1. The van der Waals surface area contributed by atoms with Crippen LogP contribution in [0.5, 0.6) is 0 Å². The van der Waals surface area contributed by atoms with Gasteiger partial charge >= 0.3 is 6.18 Å². The van der Waals surface area contributed by atoms with E-state index in [0.717, 1.165) is 17.3 Å². The number of halogens is 3. The molecule has 1 aliphatic heterocycles. The highest BCUT2D eigenvalue weighted by Gasteiger charge is 2.30. The van der Waals surface area contributed by atoms with E-state index in [0.29, 0.717) is 0 Å². The topological polar surface area (TPSA) is 86.7 Å². The van der Waals surface area contributed by atoms with Gasteiger partial charge in [0, 0.05) is 39.2 Å². The zero-order valence-electron chi connectivity index (χ0n) is 12.9. The van der Waals surface area contributed by atoms with Crippen LogP contribution in [0, 0.1) is 0 Å². The third-order valence-electron chi connectivity index (χ3n) is 3.28. The quantitative estimate of drug-likeness (QED) is 0.788. The first kappa shape index (κ1) is 17.7. The fraction of sp³-hybridized carbons (Fsp3) is 0.429. The van der Waals surface area contributed by atoms with Gasteiger partial charge in [0.1, 0.15) is 11.5 Å². The van der Waals surface area contributed by atoms with Gasteiger partial charge in [0.15, 0.2) is 0 Å². The Bertz CT molecular complexity index is 643. The molecule has 2 heterocycles. The number of nitrogens with one attached hydrogen (secondary N) is 2. The Morgan fingerprint density at radius 1 is 1.29 bits per heavy atom. The predicted molar refractivity (Wildman–Crippen MR) is 80.2 cm³/mol. The summed E-state index contributed by atoms with van der Waals surface area (Å²) in [7, 11) is 1.48. The normalized spacial score (nSPS) is 15.1. The first-order valence-corrected chi connectivity index (χ1v) is 7.17. The molecule has 2 N–H and O–H groups in total. The minimum absolute atomic E-state index is 0.151. The molecular weight excluding hydrogens is 327 g/mol. The first-order valence-electron chi connectivity index (χ1n) is 7.17. The molecule has 0 atom stereocenters. The van der Waals surface area contributed by atoms with Gasteiger partial charge in [-0.05, 0) is 12.1 Å². The first-order chi connectivity index (χ1) is 11.3. The van der Waals surface area contributed by atoms with Gasteiger partial charge < -0.3 is 10.6 Å². The molecule has 0 spiro atoms. The summed E-state index contributed by atoms with van der Waals surface area (Å²) in [5.74, 6) is -0.254. The Balaban J connectivity index is 1.76. The van der Waals surface area contributed by atoms with Gasteiger partial charge in [0.05, 0.1) is 5.56 Å². The molecule has 0 aliphatic carbocycles. The van der Waals surface area contributed by atoms with Crippen molar-refractivity contribution in [3.05, 3.63) is 23.9 Å². The minimum atomic E-state index is -4.42. The van der Waals surface area contributed by atoms with E-state index in [-0.39, 0.29) is 49.3 Å². The molecule has 10 heteroatoms. The van der Waals surface area contributed by atoms with Gasteiger partial charge in [-0.3, -0.25) is 9.59 Å². The van der Waals surface area contributed by atoms with Crippen LogP contribution < -0.4 is 10.6 Å². The maximum absolute atomic E-state index is 12.4. The number of hydrogen-bond acceptors (Lipinski definition) is 5. The maximum Gasteiger partial charge on any atom is 0.417 e. The Hall–Kier alpha value is -2.65. The van der Waals surface area contributed by atoms with Crippen LogP contribution >= 0.6 is 0 Å². The van der Waals surface area contributed by atoms with Gasteiger partial charge in [0.25, 0.3) is 5.91 Å². The second kappa shape index (κ2) is 7.28. The molecule has 0 radical (unpaired) electrons. The molecule has 0 fully saturated rings. The predicted octanol–water partition coefficient (Wildman–Crippen LogP) is 1.24. The second-order valence-electron chi connectivity index (χ2n) is 5.08. The number of rotatable bonds is 5. The van der Waals surface area contributed by atoms with E-state index < -0.39 is 11.7 Å². The molecule has 2 amide bonds. The molecule has 1 aromatic rings. The van der Waals surface area contributed by atoms with Gasteiger partial charge in [-0.25, -0.2) is 9.99 Å². The van der Waals surface area contributed by atoms with E-state index in [1.54, 1.807) is 0 Å². The molecule has 0 saturated carbocycles. The van der Waals surface area contributed by atoms with Gasteiger partial charge in [-0.15, -0.1) is 0 Å². The van der Waals surface area contributed by atoms with Crippen LogP contribution in [-0.4, -0.2) is 47.7 Å². The molecule has 1 aliphatic rings. The van der Waals surface area contributed by atoms with Crippen LogP contribution in [0.4, 0.5) is 19.0 Å². The summed E-state index contributed by atoms with van der Waals surface area (Å²) in [6.45, 7) is 0.518. The highest BCUT2D eigenvalue weighted by Crippen LogP contribution is 2.28. The minimum Gasteiger partial charge on any atom is -0.368 e. The fourth-order valence-electron chi connectivity index (χ4n) is 1.97. The summed E-state index contributed by atoms with van der Waals surface area (Å²) in [6.07, 6.45) is -3.17. The summed E-state index contributed by atoms with van der Waals surface area (Å²) >= 11 is 0. The van der Waals surface area contributed by atoms with Crippen LogP contribution in [0.25, 0.3) is 0 Å². The average molecular weight is 343 g/mol. The number of pyridine rings is 1. The molecule has 24 heavy (non-hydrogen) atoms. The van der Waals surface area contributed by atoms with E-state index >= 15 is 0 Å². The number of hydrazone groups is 1. The van der Waals surface area contributed by atoms with Crippen molar-refractivity contribution in [1.82, 2.24) is 15.3 Å². The summed E-state index contributed by atoms with van der Waals surface area (Å²) < 4.78 is 37.2. The van der Waals surface area contributed by atoms with Crippen molar-refractivity contribution in [2.24, 2.45) is 5.10 Å². The van der Waals surface area contributed by atoms with Crippen LogP contribution in [0.2, 0.25) is 0 Å². The van der Waals surface area contributed by atoms with E-state index in [9.17, 15) is 22.8 Å². The summed E-state index contributed by atoms with van der Waals surface area (Å²) in [5, 5.41) is 10.4. The lowest BCUT2D eigenvalue weighted by Gasteiger charge is -2.18. The number of carbonyl (C=O) groups excluding carboxylic acids is 2. The number of hydrogen-bond donors (Lipinski definition) is 2. The third-order valence-corrected chi connectivity index (χ3v) is 3.28. The Morgan fingerprint density at radius 3 is 2.62 bits per heavy atom. The molecular formula is C14H16F3N5O2. The SMILES string of the molecule is CN1N=C(C(=O)NCCNc2ccc(C(F)(F)F)cn2)CCC1=O. The molecule has 0 saturated heterocycles. The van der Waals surface area contributed by atoms with Crippen molar-refractivity contribution in [2.45, 2.75) is 19.0 Å². The molecule has 2 rings (SSSR count). The smallest absolute Gasteiger partial charge is 0.368 e. The van der Waals surface area contributed by atoms with Gasteiger partial charge in [-0.2, -0.15) is 18.3 Å². The maximum atomic E-state index is 12.4. The van der Waals surface area contributed by atoms with E-state index in [4.69, 9.17) is 0 Å². The van der Waals surface area contributed by atoms with Crippen molar-refractivity contribution in [1.29, 1.82) is 0 Å². The molecule has 130 valence electrons. The zero-order valence-corrected chi connectivity index (χ0v) is 12.9. The van der Waals surface area contributed by atoms with Crippen LogP contribution in [0.3, 0.4) is 0 Å². The van der Waals surface area contributed by atoms with E-state index in [1.165, 1.54) is 13.1 Å². The Morgan fingerprint density at radius 2 is 2.04 bits per heavy atom. The lowest BCUT2D eigenvalue weighted by molar-refractivity contribution is -0.137. The Labute approximate surface area is 135 Å². The molecule has 0 bridgehead atoms. The highest BCUT2D eigenvalue weighted by molar-refractivity contribution is 6.39. The number of amides is 2. The van der Waals surface area contributed by atoms with Crippen molar-refractivity contribution in [3.63, 3.8) is 0 Å². The average Bonchev–Trinajstić information content (AvgIpc) is 2.53. The molecule has 0 aromatic carbocycles. The number of carbonyl (C=O) groups is 2. The number of aromatic nitrogens is 1. The summed E-state index contributed by atoms with van der Waals surface area (Å²) in [4.78, 5) is 26.8. The second-order valence-corrected chi connectivity index (χ2v) is 5.08. The lowest BCUT2D eigenvalue weighted by Crippen LogP contribution is -2.39. The zero-order chi connectivity index (χ0) is 17.7. The number of alkyl halides is 3. The van der Waals surface area contributed by atoms with Crippen LogP contribution in [-0.2, 0) is 15.8 Å². The molecule has 0 unspecified atom stereocenters. The van der Waals surface area contributed by atoms with Crippen LogP contribution in [0.1, 0.15) is 18.4 Å². The largest absolute Gasteiger partial charge is 0.417 e. The lowest BCUT2D eigenvalue weighted by atomic mass is 10.1. The van der Waals surface area contributed by atoms with E-state index in [1.807, 2.05) is 0 Å². The highest BCUT2D eigenvalue weighted by atomic mass is 19.4. The van der Waals surface area contributed by atoms with Crippen molar-refractivity contribution < 1.29 is 22.8 Å². The fourth-order valence-corrected chi connectivity index (χ4v) is 1.97. The van der Waals surface area contributed by atoms with Gasteiger partial charge in [-0.1, -0.05) is 0 Å². The van der Waals surface area contributed by atoms with Gasteiger partial charge in [0.2, 0.25) is 5.91 Å². The number of nitrogens with zero attached hydrogens (tertiary/aromatic N) is 3. The third kappa shape index (κ3) is 4.67.